The van der Waals surface area contributed by atoms with Gasteiger partial charge in [-0.2, -0.15) is 0 Å². The number of carbonyl (C=O) groups is 1. The molecule has 2 aliphatic carbocycles. The van der Waals surface area contributed by atoms with Crippen LogP contribution in [0.3, 0.4) is 0 Å². The van der Waals surface area contributed by atoms with Crippen molar-refractivity contribution in [3.63, 3.8) is 0 Å². The summed E-state index contributed by atoms with van der Waals surface area (Å²) in [7, 11) is 0. The third-order valence-corrected chi connectivity index (χ3v) is 6.26. The van der Waals surface area contributed by atoms with Crippen molar-refractivity contribution in [2.24, 2.45) is 0 Å². The topological polar surface area (TPSA) is 70.0 Å². The number of aromatic hydroxyl groups is 1. The second-order valence-corrected chi connectivity index (χ2v) is 6.97. The number of benzene rings is 1. The van der Waals surface area contributed by atoms with E-state index < -0.39 is 30.1 Å². The van der Waals surface area contributed by atoms with Crippen LogP contribution in [0.1, 0.15) is 34.5 Å². The Labute approximate surface area is 132 Å². The SMILES string of the molecule is [2H]C([2H])([2H])N1CC[C@]23c4c5ccc(O)c4O[C@H]2C(=O)CC[C@@]3(O)[C@H]1C5. The first-order valence-corrected chi connectivity index (χ1v) is 7.74. The van der Waals surface area contributed by atoms with Crippen LogP contribution < -0.4 is 4.74 Å². The van der Waals surface area contributed by atoms with E-state index in [2.05, 4.69) is 0 Å². The minimum absolute atomic E-state index is 0.0330. The van der Waals surface area contributed by atoms with Crippen molar-refractivity contribution >= 4 is 5.78 Å². The fourth-order valence-corrected chi connectivity index (χ4v) is 5.33. The first-order chi connectivity index (χ1) is 11.7. The number of carbonyl (C=O) groups excluding carboxylic acids is 1. The van der Waals surface area contributed by atoms with Crippen molar-refractivity contribution < 1.29 is 23.9 Å². The minimum Gasteiger partial charge on any atom is -0.504 e. The van der Waals surface area contributed by atoms with Crippen LogP contribution in [0, 0.1) is 0 Å². The van der Waals surface area contributed by atoms with E-state index in [0.29, 0.717) is 12.8 Å². The van der Waals surface area contributed by atoms with Gasteiger partial charge in [0.1, 0.15) is 0 Å². The van der Waals surface area contributed by atoms with E-state index in [9.17, 15) is 15.0 Å². The fraction of sp³-hybridized carbons (Fsp3) is 0.588. The molecule has 0 amide bonds. The Hall–Kier alpha value is -1.59. The molecule has 5 heteroatoms. The molecule has 5 nitrogen and oxygen atoms in total. The van der Waals surface area contributed by atoms with Crippen molar-refractivity contribution in [2.45, 2.75) is 48.8 Å². The smallest absolute Gasteiger partial charge is 0.174 e. The fourth-order valence-electron chi connectivity index (χ4n) is 5.33. The summed E-state index contributed by atoms with van der Waals surface area (Å²) in [6.45, 7) is -2.05. The third kappa shape index (κ3) is 1.13. The Bertz CT molecular complexity index is 810. The first-order valence-electron chi connectivity index (χ1n) is 9.24. The van der Waals surface area contributed by atoms with E-state index in [1.165, 1.54) is 11.0 Å². The van der Waals surface area contributed by atoms with Gasteiger partial charge < -0.3 is 19.8 Å². The van der Waals surface area contributed by atoms with Crippen molar-refractivity contribution in [2.75, 3.05) is 13.5 Å². The van der Waals surface area contributed by atoms with Gasteiger partial charge in [0.15, 0.2) is 23.4 Å². The number of rotatable bonds is 0. The van der Waals surface area contributed by atoms with Crippen LogP contribution in [0.25, 0.3) is 0 Å². The molecule has 1 spiro atoms. The molecule has 1 aromatic carbocycles. The number of hydrogen-bond acceptors (Lipinski definition) is 5. The maximum absolute atomic E-state index is 12.6. The van der Waals surface area contributed by atoms with Crippen LogP contribution in [-0.2, 0) is 16.6 Å². The summed E-state index contributed by atoms with van der Waals surface area (Å²) in [5.41, 5.74) is -0.746. The number of phenolic OH excluding ortho intramolecular Hbond substituents is 1. The summed E-state index contributed by atoms with van der Waals surface area (Å²) in [6.07, 6.45) is 0.201. The third-order valence-electron chi connectivity index (χ3n) is 6.26. The Morgan fingerprint density at radius 2 is 2.32 bits per heavy atom. The number of ketones is 1. The van der Waals surface area contributed by atoms with Gasteiger partial charge in [-0.05, 0) is 44.4 Å². The maximum atomic E-state index is 12.6. The number of Topliss-reactive ketones (excluding diaryl/α,β-unsaturated/α-hetero) is 1. The molecule has 116 valence electrons. The highest BCUT2D eigenvalue weighted by Crippen LogP contribution is 2.64. The molecular weight excluding hydrogens is 282 g/mol. The zero-order valence-corrected chi connectivity index (χ0v) is 12.0. The van der Waals surface area contributed by atoms with Crippen LogP contribution >= 0.6 is 0 Å². The second kappa shape index (κ2) is 3.66. The Morgan fingerprint density at radius 1 is 1.45 bits per heavy atom. The number of aliphatic hydroxyl groups is 1. The van der Waals surface area contributed by atoms with E-state index in [4.69, 9.17) is 8.85 Å². The molecule has 2 aliphatic heterocycles. The largest absolute Gasteiger partial charge is 0.504 e. The predicted octanol–water partition coefficient (Wildman–Crippen LogP) is 0.745. The lowest BCUT2D eigenvalue weighted by Crippen LogP contribution is -2.76. The van der Waals surface area contributed by atoms with Gasteiger partial charge in [-0.1, -0.05) is 6.07 Å². The highest BCUT2D eigenvalue weighted by atomic mass is 16.5. The van der Waals surface area contributed by atoms with Crippen LogP contribution in [0.2, 0.25) is 0 Å². The molecule has 0 aromatic heterocycles. The summed E-state index contributed by atoms with van der Waals surface area (Å²) in [5, 5.41) is 22.0. The Balaban J connectivity index is 1.80. The number of likely N-dealkylation sites (N-methyl/N-ethyl adjacent to an activating group) is 1. The van der Waals surface area contributed by atoms with Gasteiger partial charge in [0.2, 0.25) is 0 Å². The first kappa shape index (κ1) is 10.2. The molecule has 4 aliphatic rings. The molecule has 2 bridgehead atoms. The van der Waals surface area contributed by atoms with Gasteiger partial charge in [0.05, 0.1) is 11.0 Å². The van der Waals surface area contributed by atoms with Gasteiger partial charge in [-0.3, -0.25) is 4.79 Å². The number of hydrogen-bond donors (Lipinski definition) is 2. The standard InChI is InChI=1S/C17H19NO4/c1-18-7-6-16-13-9-2-3-10(19)14(13)22-15(16)11(20)4-5-17(16,21)12(18)8-9/h2-3,12,15,19,21H,4-8H2,1H3/t12-,15+,16+,17-/m1/s1/i1D3. The molecule has 2 heterocycles. The number of nitrogens with zero attached hydrogens (tertiary/aromatic N) is 1. The maximum Gasteiger partial charge on any atom is 0.174 e. The molecule has 0 radical (unpaired) electrons. The highest BCUT2D eigenvalue weighted by molar-refractivity contribution is 5.90. The normalized spacial score (nSPS) is 44.6. The molecule has 0 unspecified atom stereocenters. The van der Waals surface area contributed by atoms with Gasteiger partial charge in [-0.25, -0.2) is 0 Å². The van der Waals surface area contributed by atoms with E-state index in [-0.39, 0.29) is 36.7 Å². The molecule has 2 N–H and O–H groups in total. The van der Waals surface area contributed by atoms with Gasteiger partial charge in [0.25, 0.3) is 0 Å². The van der Waals surface area contributed by atoms with Crippen molar-refractivity contribution in [3.05, 3.63) is 23.3 Å². The number of likely N-dealkylation sites (tertiary alicyclic amines) is 1. The quantitative estimate of drug-likeness (QED) is 0.740. The molecule has 1 saturated carbocycles. The molecular formula is C17H19NO4. The Kier molecular flexibility index (Phi) is 1.70. The van der Waals surface area contributed by atoms with Gasteiger partial charge in [0, 0.05) is 22.1 Å². The molecule has 22 heavy (non-hydrogen) atoms. The molecule has 1 aromatic rings. The molecule has 4 atom stereocenters. The van der Waals surface area contributed by atoms with E-state index in [1.807, 2.05) is 0 Å². The van der Waals surface area contributed by atoms with E-state index >= 15 is 0 Å². The van der Waals surface area contributed by atoms with Crippen LogP contribution in [0.15, 0.2) is 12.1 Å². The summed E-state index contributed by atoms with van der Waals surface area (Å²) >= 11 is 0. The van der Waals surface area contributed by atoms with Crippen molar-refractivity contribution in [3.8, 4) is 11.5 Å². The monoisotopic (exact) mass is 304 g/mol. The average Bonchev–Trinajstić information content (AvgIpc) is 2.87. The summed E-state index contributed by atoms with van der Waals surface area (Å²) in [4.78, 5) is 14.0. The lowest BCUT2D eigenvalue weighted by atomic mass is 9.49. The molecule has 1 saturated heterocycles. The zero-order valence-electron chi connectivity index (χ0n) is 15.0. The number of ether oxygens (including phenoxy) is 1. The van der Waals surface area contributed by atoms with Crippen LogP contribution in [0.4, 0.5) is 0 Å². The molecule has 2 fully saturated rings. The predicted molar refractivity (Wildman–Crippen MR) is 78.1 cm³/mol. The summed E-state index contributed by atoms with van der Waals surface area (Å²) in [6, 6.07) is 2.68. The van der Waals surface area contributed by atoms with Crippen LogP contribution in [0.5, 0.6) is 11.5 Å². The number of phenols is 1. The zero-order chi connectivity index (χ0) is 17.8. The van der Waals surface area contributed by atoms with Crippen molar-refractivity contribution in [1.82, 2.24) is 4.90 Å². The van der Waals surface area contributed by atoms with E-state index in [1.54, 1.807) is 6.07 Å². The number of piperidine rings is 1. The summed E-state index contributed by atoms with van der Waals surface area (Å²) in [5.74, 6) is 0.167. The van der Waals surface area contributed by atoms with Crippen LogP contribution in [-0.4, -0.2) is 52.2 Å². The summed E-state index contributed by atoms with van der Waals surface area (Å²) < 4.78 is 29.5. The van der Waals surface area contributed by atoms with E-state index in [0.717, 1.165) is 11.1 Å². The average molecular weight is 304 g/mol. The van der Waals surface area contributed by atoms with Gasteiger partial charge >= 0.3 is 0 Å². The highest BCUT2D eigenvalue weighted by Gasteiger charge is 2.72. The minimum atomic E-state index is -2.31. The lowest BCUT2D eigenvalue weighted by molar-refractivity contribution is -0.185. The molecule has 5 rings (SSSR count). The lowest BCUT2D eigenvalue weighted by Gasteiger charge is -2.61. The second-order valence-electron chi connectivity index (χ2n) is 6.97. The Morgan fingerprint density at radius 3 is 3.14 bits per heavy atom. The van der Waals surface area contributed by atoms with Gasteiger partial charge in [-0.15, -0.1) is 0 Å². The van der Waals surface area contributed by atoms with Crippen molar-refractivity contribution in [1.29, 1.82) is 0 Å².